The molecule has 0 bridgehead atoms. The summed E-state index contributed by atoms with van der Waals surface area (Å²) in [6, 6.07) is 3.57. The van der Waals surface area contributed by atoms with E-state index in [9.17, 15) is 10.2 Å². The molecule has 1 aromatic heterocycles. The van der Waals surface area contributed by atoms with E-state index in [2.05, 4.69) is 18.4 Å². The number of benzene rings is 1. The minimum absolute atomic E-state index is 0.0714. The van der Waals surface area contributed by atoms with Gasteiger partial charge in [-0.05, 0) is 32.9 Å². The molecule has 0 spiro atoms. The van der Waals surface area contributed by atoms with E-state index in [0.29, 0.717) is 6.04 Å². The van der Waals surface area contributed by atoms with Crippen LogP contribution in [0.2, 0.25) is 0 Å². The number of pyridine rings is 1. The highest BCUT2D eigenvalue weighted by Crippen LogP contribution is 2.30. The third-order valence-corrected chi connectivity index (χ3v) is 2.80. The number of nitrogens with zero attached hydrogens (tertiary/aromatic N) is 1. The molecular weight excluding hydrogens is 202 g/mol. The lowest BCUT2D eigenvalue weighted by Crippen LogP contribution is -2.35. The number of aryl methyl sites for hydroxylation is 1. The maximum atomic E-state index is 9.48. The molecule has 0 aliphatic rings. The molecule has 2 N–H and O–H groups in total. The Morgan fingerprint density at radius 1 is 1.06 bits per heavy atom. The van der Waals surface area contributed by atoms with Crippen LogP contribution in [-0.2, 0) is 0 Å². The SMILES string of the molecule is Cc1c[n+](C(C)C)cc2cc(O)c(O)cc12. The van der Waals surface area contributed by atoms with Crippen molar-refractivity contribution in [2.45, 2.75) is 26.8 Å². The lowest BCUT2D eigenvalue weighted by molar-refractivity contribution is -0.715. The Hall–Kier alpha value is -1.77. The van der Waals surface area contributed by atoms with Crippen LogP contribution in [0.15, 0.2) is 24.5 Å². The highest BCUT2D eigenvalue weighted by Gasteiger charge is 2.12. The topological polar surface area (TPSA) is 44.3 Å². The van der Waals surface area contributed by atoms with Crippen molar-refractivity contribution < 1.29 is 14.8 Å². The first-order valence-electron chi connectivity index (χ1n) is 5.36. The third-order valence-electron chi connectivity index (χ3n) is 2.80. The van der Waals surface area contributed by atoms with Crippen LogP contribution in [0.3, 0.4) is 0 Å². The van der Waals surface area contributed by atoms with Crippen molar-refractivity contribution in [1.29, 1.82) is 0 Å². The molecule has 3 heteroatoms. The molecule has 2 rings (SSSR count). The van der Waals surface area contributed by atoms with Gasteiger partial charge in [0, 0.05) is 16.3 Å². The molecule has 0 aliphatic heterocycles. The first-order chi connectivity index (χ1) is 7.49. The zero-order valence-corrected chi connectivity index (χ0v) is 9.73. The summed E-state index contributed by atoms with van der Waals surface area (Å²) in [5.74, 6) is -0.147. The highest BCUT2D eigenvalue weighted by molar-refractivity contribution is 5.87. The number of hydrogen-bond donors (Lipinski definition) is 2. The first kappa shape index (κ1) is 10.7. The second-order valence-electron chi connectivity index (χ2n) is 4.41. The number of hydrogen-bond acceptors (Lipinski definition) is 2. The van der Waals surface area contributed by atoms with Gasteiger partial charge in [0.05, 0.1) is 0 Å². The lowest BCUT2D eigenvalue weighted by Gasteiger charge is -2.06. The zero-order chi connectivity index (χ0) is 11.9. The van der Waals surface area contributed by atoms with E-state index >= 15 is 0 Å². The van der Waals surface area contributed by atoms with E-state index in [0.717, 1.165) is 16.3 Å². The molecular formula is C13H16NO2+. The Morgan fingerprint density at radius 2 is 1.69 bits per heavy atom. The summed E-state index contributed by atoms with van der Waals surface area (Å²) in [6.07, 6.45) is 4.02. The van der Waals surface area contributed by atoms with Gasteiger partial charge in [0.15, 0.2) is 29.9 Å². The number of aromatic nitrogens is 1. The van der Waals surface area contributed by atoms with Gasteiger partial charge in [0.1, 0.15) is 0 Å². The summed E-state index contributed by atoms with van der Waals surface area (Å²) in [5.41, 5.74) is 1.08. The fourth-order valence-electron chi connectivity index (χ4n) is 1.83. The van der Waals surface area contributed by atoms with Crippen LogP contribution in [0.5, 0.6) is 11.5 Å². The third kappa shape index (κ3) is 1.69. The van der Waals surface area contributed by atoms with Crippen molar-refractivity contribution in [1.82, 2.24) is 0 Å². The minimum Gasteiger partial charge on any atom is -0.504 e. The van der Waals surface area contributed by atoms with Crippen LogP contribution in [0, 0.1) is 6.92 Å². The van der Waals surface area contributed by atoms with Crippen molar-refractivity contribution in [2.24, 2.45) is 0 Å². The standard InChI is InChI=1S/C13H15NO2/c1-8(2)14-6-9(3)11-5-13(16)12(15)4-10(11)7-14/h4-8,15H,1-3H3/p+1. The second-order valence-corrected chi connectivity index (χ2v) is 4.41. The van der Waals surface area contributed by atoms with Gasteiger partial charge in [-0.3, -0.25) is 0 Å². The molecule has 1 heterocycles. The molecule has 0 saturated heterocycles. The average molecular weight is 218 g/mol. The van der Waals surface area contributed by atoms with Crippen LogP contribution in [0.25, 0.3) is 10.8 Å². The van der Waals surface area contributed by atoms with Crippen molar-refractivity contribution in [2.75, 3.05) is 0 Å². The molecule has 0 aliphatic carbocycles. The maximum Gasteiger partial charge on any atom is 0.177 e. The first-order valence-corrected chi connectivity index (χ1v) is 5.36. The molecule has 16 heavy (non-hydrogen) atoms. The van der Waals surface area contributed by atoms with Crippen molar-refractivity contribution in [3.8, 4) is 11.5 Å². The Balaban J connectivity index is 2.77. The number of phenolic OH excluding ortho intramolecular Hbond substituents is 2. The van der Waals surface area contributed by atoms with Crippen molar-refractivity contribution >= 4 is 10.8 Å². The Kier molecular flexibility index (Phi) is 2.46. The maximum absolute atomic E-state index is 9.48. The zero-order valence-electron chi connectivity index (χ0n) is 9.73. The molecule has 84 valence electrons. The summed E-state index contributed by atoms with van der Waals surface area (Å²) in [7, 11) is 0. The number of aromatic hydroxyl groups is 2. The summed E-state index contributed by atoms with van der Waals surface area (Å²) < 4.78 is 2.09. The van der Waals surface area contributed by atoms with E-state index in [1.165, 1.54) is 0 Å². The second kappa shape index (κ2) is 3.67. The van der Waals surface area contributed by atoms with E-state index in [4.69, 9.17) is 0 Å². The van der Waals surface area contributed by atoms with E-state index in [1.54, 1.807) is 12.1 Å². The molecule has 0 radical (unpaired) electrons. The largest absolute Gasteiger partial charge is 0.504 e. The number of phenols is 2. The summed E-state index contributed by atoms with van der Waals surface area (Å²) >= 11 is 0. The van der Waals surface area contributed by atoms with Gasteiger partial charge in [-0.2, -0.15) is 0 Å². The van der Waals surface area contributed by atoms with Gasteiger partial charge >= 0.3 is 0 Å². The van der Waals surface area contributed by atoms with Crippen LogP contribution in [0.4, 0.5) is 0 Å². The monoisotopic (exact) mass is 218 g/mol. The smallest absolute Gasteiger partial charge is 0.177 e. The quantitative estimate of drug-likeness (QED) is 0.570. The van der Waals surface area contributed by atoms with Crippen LogP contribution in [0.1, 0.15) is 25.5 Å². The van der Waals surface area contributed by atoms with Gasteiger partial charge in [0.2, 0.25) is 0 Å². The Labute approximate surface area is 94.6 Å². The van der Waals surface area contributed by atoms with Gasteiger partial charge in [0.25, 0.3) is 0 Å². The van der Waals surface area contributed by atoms with E-state index in [1.807, 2.05) is 19.3 Å². The normalized spacial score (nSPS) is 11.2. The fourth-order valence-corrected chi connectivity index (χ4v) is 1.83. The number of rotatable bonds is 1. The van der Waals surface area contributed by atoms with Crippen LogP contribution >= 0.6 is 0 Å². The Bertz CT molecular complexity index is 547. The average Bonchev–Trinajstić information content (AvgIpc) is 2.20. The van der Waals surface area contributed by atoms with Crippen molar-refractivity contribution in [3.05, 3.63) is 30.1 Å². The summed E-state index contributed by atoms with van der Waals surface area (Å²) in [4.78, 5) is 0. The van der Waals surface area contributed by atoms with Gasteiger partial charge < -0.3 is 10.2 Å². The molecule has 0 amide bonds. The van der Waals surface area contributed by atoms with Gasteiger partial charge in [-0.1, -0.05) is 0 Å². The van der Waals surface area contributed by atoms with Gasteiger partial charge in [-0.15, -0.1) is 0 Å². The Morgan fingerprint density at radius 3 is 2.31 bits per heavy atom. The molecule has 0 atom stereocenters. The summed E-state index contributed by atoms with van der Waals surface area (Å²) in [5, 5.41) is 20.8. The van der Waals surface area contributed by atoms with E-state index in [-0.39, 0.29) is 11.5 Å². The minimum atomic E-state index is -0.0755. The van der Waals surface area contributed by atoms with Gasteiger partial charge in [-0.25, -0.2) is 4.57 Å². The van der Waals surface area contributed by atoms with Crippen LogP contribution in [-0.4, -0.2) is 10.2 Å². The molecule has 3 nitrogen and oxygen atoms in total. The molecule has 2 aromatic rings. The van der Waals surface area contributed by atoms with Crippen LogP contribution < -0.4 is 4.57 Å². The van der Waals surface area contributed by atoms with E-state index < -0.39 is 0 Å². The van der Waals surface area contributed by atoms with Crippen molar-refractivity contribution in [3.63, 3.8) is 0 Å². The number of fused-ring (bicyclic) bond motifs is 1. The molecule has 1 aromatic carbocycles. The lowest BCUT2D eigenvalue weighted by atomic mass is 10.1. The molecule has 0 saturated carbocycles. The highest BCUT2D eigenvalue weighted by atomic mass is 16.3. The predicted molar refractivity (Wildman–Crippen MR) is 62.6 cm³/mol. The fraction of sp³-hybridized carbons (Fsp3) is 0.308. The molecule has 0 unspecified atom stereocenters. The summed E-state index contributed by atoms with van der Waals surface area (Å²) in [6.45, 7) is 6.20. The predicted octanol–water partition coefficient (Wildman–Crippen LogP) is 2.43. The molecule has 0 fully saturated rings.